The molecular weight excluding hydrogens is 419 g/mol. The van der Waals surface area contributed by atoms with Gasteiger partial charge >= 0.3 is 5.97 Å². The maximum atomic E-state index is 13.9. The minimum absolute atomic E-state index is 0.238. The highest BCUT2D eigenvalue weighted by Gasteiger charge is 2.28. The standard InChI is InChI=1S/C18H16BrFN4O3/c1-23-10(3-4-21-23)7-14-16(18(25)26-2)22-17-11-8-12(19)13(20)9-15(11)27-6-5-24(14)17/h3-4,8-9H,5-7H2,1-2H3. The van der Waals surface area contributed by atoms with Crippen molar-refractivity contribution in [1.29, 1.82) is 0 Å². The zero-order valence-electron chi connectivity index (χ0n) is 14.7. The van der Waals surface area contributed by atoms with E-state index in [1.54, 1.807) is 16.9 Å². The first-order valence-electron chi connectivity index (χ1n) is 8.26. The molecule has 27 heavy (non-hydrogen) atoms. The monoisotopic (exact) mass is 434 g/mol. The van der Waals surface area contributed by atoms with Gasteiger partial charge in [-0.05, 0) is 28.1 Å². The summed E-state index contributed by atoms with van der Waals surface area (Å²) in [6.07, 6.45) is 2.15. The summed E-state index contributed by atoms with van der Waals surface area (Å²) in [7, 11) is 3.16. The molecule has 0 aliphatic carbocycles. The number of aryl methyl sites for hydroxylation is 1. The Kier molecular flexibility index (Phi) is 4.47. The Balaban J connectivity index is 1.92. The molecule has 3 heterocycles. The van der Waals surface area contributed by atoms with Crippen LogP contribution in [0.1, 0.15) is 21.9 Å². The molecule has 0 saturated heterocycles. The second-order valence-electron chi connectivity index (χ2n) is 6.11. The second-order valence-corrected chi connectivity index (χ2v) is 6.96. The first kappa shape index (κ1) is 17.7. The average molecular weight is 435 g/mol. The van der Waals surface area contributed by atoms with E-state index in [4.69, 9.17) is 9.47 Å². The van der Waals surface area contributed by atoms with Gasteiger partial charge in [0.2, 0.25) is 0 Å². The van der Waals surface area contributed by atoms with E-state index in [0.717, 1.165) is 5.69 Å². The van der Waals surface area contributed by atoms with Crippen LogP contribution < -0.4 is 4.74 Å². The number of halogens is 2. The number of rotatable bonds is 3. The van der Waals surface area contributed by atoms with Gasteiger partial charge in [-0.3, -0.25) is 4.68 Å². The van der Waals surface area contributed by atoms with Crippen molar-refractivity contribution in [2.45, 2.75) is 13.0 Å². The van der Waals surface area contributed by atoms with Crippen molar-refractivity contribution in [2.75, 3.05) is 13.7 Å². The molecule has 0 bridgehead atoms. The Hall–Kier alpha value is -2.68. The fourth-order valence-electron chi connectivity index (χ4n) is 3.19. The van der Waals surface area contributed by atoms with Gasteiger partial charge < -0.3 is 14.0 Å². The van der Waals surface area contributed by atoms with Gasteiger partial charge in [-0.15, -0.1) is 0 Å². The smallest absolute Gasteiger partial charge is 0.358 e. The van der Waals surface area contributed by atoms with Crippen LogP contribution in [-0.2, 0) is 24.8 Å². The Morgan fingerprint density at radius 3 is 2.96 bits per heavy atom. The van der Waals surface area contributed by atoms with Crippen LogP contribution in [0.15, 0.2) is 28.9 Å². The molecule has 0 radical (unpaired) electrons. The number of aromatic nitrogens is 4. The van der Waals surface area contributed by atoms with Crippen molar-refractivity contribution < 1.29 is 18.7 Å². The van der Waals surface area contributed by atoms with Crippen LogP contribution in [0.2, 0.25) is 0 Å². The Morgan fingerprint density at radius 2 is 2.26 bits per heavy atom. The first-order valence-corrected chi connectivity index (χ1v) is 9.05. The van der Waals surface area contributed by atoms with Gasteiger partial charge in [-0.2, -0.15) is 5.10 Å². The molecule has 7 nitrogen and oxygen atoms in total. The Bertz CT molecular complexity index is 1040. The summed E-state index contributed by atoms with van der Waals surface area (Å²) < 4.78 is 28.6. The van der Waals surface area contributed by atoms with Crippen LogP contribution in [0.4, 0.5) is 4.39 Å². The molecule has 0 unspecified atom stereocenters. The molecule has 0 saturated carbocycles. The van der Waals surface area contributed by atoms with Crippen LogP contribution in [0.3, 0.4) is 0 Å². The molecule has 0 amide bonds. The molecule has 2 aromatic heterocycles. The number of carbonyl (C=O) groups is 1. The van der Waals surface area contributed by atoms with E-state index >= 15 is 0 Å². The lowest BCUT2D eigenvalue weighted by Crippen LogP contribution is -2.14. The number of nitrogens with zero attached hydrogens (tertiary/aromatic N) is 4. The summed E-state index contributed by atoms with van der Waals surface area (Å²) in [5.41, 5.74) is 2.48. The quantitative estimate of drug-likeness (QED) is 0.592. The lowest BCUT2D eigenvalue weighted by Gasteiger charge is -2.10. The van der Waals surface area contributed by atoms with Crippen molar-refractivity contribution >= 4 is 21.9 Å². The van der Waals surface area contributed by atoms with E-state index in [1.807, 2.05) is 17.7 Å². The molecule has 4 rings (SSSR count). The van der Waals surface area contributed by atoms with E-state index in [2.05, 4.69) is 26.0 Å². The number of carbonyl (C=O) groups excluding carboxylic acids is 1. The van der Waals surface area contributed by atoms with Crippen LogP contribution in [-0.4, -0.2) is 39.0 Å². The number of hydrogen-bond acceptors (Lipinski definition) is 5. The largest absolute Gasteiger partial charge is 0.491 e. The molecule has 3 aromatic rings. The highest BCUT2D eigenvalue weighted by molar-refractivity contribution is 9.10. The molecule has 0 N–H and O–H groups in total. The fourth-order valence-corrected chi connectivity index (χ4v) is 3.53. The Labute approximate surface area is 162 Å². The van der Waals surface area contributed by atoms with E-state index in [0.29, 0.717) is 46.9 Å². The number of ether oxygens (including phenoxy) is 2. The molecule has 0 atom stereocenters. The van der Waals surface area contributed by atoms with Crippen molar-refractivity contribution in [3.8, 4) is 17.1 Å². The minimum atomic E-state index is -0.517. The van der Waals surface area contributed by atoms with E-state index in [-0.39, 0.29) is 5.69 Å². The minimum Gasteiger partial charge on any atom is -0.491 e. The van der Waals surface area contributed by atoms with Gasteiger partial charge in [-0.25, -0.2) is 14.2 Å². The number of imidazole rings is 1. The van der Waals surface area contributed by atoms with Crippen LogP contribution in [0, 0.1) is 5.82 Å². The summed E-state index contributed by atoms with van der Waals surface area (Å²) in [6, 6.07) is 4.82. The summed E-state index contributed by atoms with van der Waals surface area (Å²) in [6.45, 7) is 0.802. The average Bonchev–Trinajstić information content (AvgIpc) is 3.17. The third-order valence-electron chi connectivity index (χ3n) is 4.56. The molecule has 0 spiro atoms. The van der Waals surface area contributed by atoms with Gasteiger partial charge in [0.25, 0.3) is 0 Å². The van der Waals surface area contributed by atoms with Gasteiger partial charge in [0, 0.05) is 31.4 Å². The maximum Gasteiger partial charge on any atom is 0.358 e. The summed E-state index contributed by atoms with van der Waals surface area (Å²) in [5, 5.41) is 4.18. The van der Waals surface area contributed by atoms with Crippen LogP contribution in [0.25, 0.3) is 11.4 Å². The van der Waals surface area contributed by atoms with Crippen molar-refractivity contribution in [3.05, 3.63) is 51.8 Å². The van der Waals surface area contributed by atoms with Gasteiger partial charge in [0.1, 0.15) is 24.0 Å². The van der Waals surface area contributed by atoms with E-state index in [1.165, 1.54) is 13.2 Å². The number of methoxy groups -OCH3 is 1. The lowest BCUT2D eigenvalue weighted by atomic mass is 10.1. The van der Waals surface area contributed by atoms with Gasteiger partial charge in [0.15, 0.2) is 5.69 Å². The third kappa shape index (κ3) is 3.01. The van der Waals surface area contributed by atoms with E-state index < -0.39 is 11.8 Å². The predicted octanol–water partition coefficient (Wildman–Crippen LogP) is 2.96. The molecular formula is C18H16BrFN4O3. The zero-order chi connectivity index (χ0) is 19.1. The summed E-state index contributed by atoms with van der Waals surface area (Å²) in [5.74, 6) is -0.00263. The lowest BCUT2D eigenvalue weighted by molar-refractivity contribution is 0.0593. The molecule has 1 aromatic carbocycles. The molecule has 1 aliphatic heterocycles. The topological polar surface area (TPSA) is 71.2 Å². The van der Waals surface area contributed by atoms with Crippen LogP contribution in [0.5, 0.6) is 5.75 Å². The number of esters is 1. The van der Waals surface area contributed by atoms with E-state index in [9.17, 15) is 9.18 Å². The number of hydrogen-bond donors (Lipinski definition) is 0. The zero-order valence-corrected chi connectivity index (χ0v) is 16.3. The first-order chi connectivity index (χ1) is 13.0. The Morgan fingerprint density at radius 1 is 1.44 bits per heavy atom. The van der Waals surface area contributed by atoms with Gasteiger partial charge in [-0.1, -0.05) is 0 Å². The van der Waals surface area contributed by atoms with Crippen molar-refractivity contribution in [1.82, 2.24) is 19.3 Å². The number of benzene rings is 1. The molecule has 9 heteroatoms. The SMILES string of the molecule is COC(=O)c1nc2n(c1Cc1ccnn1C)CCOc1cc(F)c(Br)cc1-2. The highest BCUT2D eigenvalue weighted by Crippen LogP contribution is 2.37. The number of fused-ring (bicyclic) bond motifs is 3. The van der Waals surface area contributed by atoms with Crippen molar-refractivity contribution in [2.24, 2.45) is 7.05 Å². The highest BCUT2D eigenvalue weighted by atomic mass is 79.9. The van der Waals surface area contributed by atoms with Gasteiger partial charge in [0.05, 0.1) is 29.4 Å². The van der Waals surface area contributed by atoms with Crippen LogP contribution >= 0.6 is 15.9 Å². The maximum absolute atomic E-state index is 13.9. The molecule has 140 valence electrons. The summed E-state index contributed by atoms with van der Waals surface area (Å²) >= 11 is 3.21. The van der Waals surface area contributed by atoms with Crippen molar-refractivity contribution in [3.63, 3.8) is 0 Å². The predicted molar refractivity (Wildman–Crippen MR) is 98.2 cm³/mol. The molecule has 0 fully saturated rings. The third-order valence-corrected chi connectivity index (χ3v) is 5.17. The second kappa shape index (κ2) is 6.80. The fraction of sp³-hybridized carbons (Fsp3) is 0.278. The molecule has 1 aliphatic rings. The normalized spacial score (nSPS) is 12.7. The summed E-state index contributed by atoms with van der Waals surface area (Å²) in [4.78, 5) is 16.9.